The highest BCUT2D eigenvalue weighted by molar-refractivity contribution is 6.74. The Bertz CT molecular complexity index is 1910. The Balaban J connectivity index is 1.22. The van der Waals surface area contributed by atoms with E-state index in [1.54, 1.807) is 18.2 Å². The van der Waals surface area contributed by atoms with Crippen molar-refractivity contribution in [3.05, 3.63) is 156 Å². The Hall–Kier alpha value is -4.39. The minimum atomic E-state index is -1.93. The lowest BCUT2D eigenvalue weighted by atomic mass is 9.57. The molecule has 51 heavy (non-hydrogen) atoms. The number of nitrogens with zero attached hydrogens (tertiary/aromatic N) is 2. The van der Waals surface area contributed by atoms with Crippen molar-refractivity contribution < 1.29 is 13.6 Å². The Labute approximate surface area is 303 Å². The molecule has 2 bridgehead atoms. The highest BCUT2D eigenvalue weighted by Gasteiger charge is 2.55. The summed E-state index contributed by atoms with van der Waals surface area (Å²) in [7, 11) is -1.93. The maximum atomic E-state index is 15.7. The Morgan fingerprint density at radius 2 is 1.27 bits per heavy atom. The molecule has 5 aromatic rings. The van der Waals surface area contributed by atoms with E-state index in [1.807, 2.05) is 36.8 Å². The van der Waals surface area contributed by atoms with Crippen molar-refractivity contribution in [1.82, 2.24) is 9.55 Å². The number of carbonyl (C=O) groups is 1. The van der Waals surface area contributed by atoms with Gasteiger partial charge in [0.2, 0.25) is 0 Å². The van der Waals surface area contributed by atoms with E-state index in [2.05, 4.69) is 111 Å². The van der Waals surface area contributed by atoms with Crippen molar-refractivity contribution in [2.75, 3.05) is 0 Å². The number of ketones is 1. The van der Waals surface area contributed by atoms with Gasteiger partial charge in [0.25, 0.3) is 0 Å². The predicted molar refractivity (Wildman–Crippen MR) is 207 cm³/mol. The molecule has 6 heteroatoms. The Morgan fingerprint density at radius 1 is 0.765 bits per heavy atom. The zero-order chi connectivity index (χ0) is 35.9. The zero-order valence-corrected chi connectivity index (χ0v) is 31.5. The largest absolute Gasteiger partial charge is 0.411 e. The minimum absolute atomic E-state index is 0.0964. The molecule has 8 rings (SSSR count). The zero-order valence-electron chi connectivity index (χ0n) is 30.5. The van der Waals surface area contributed by atoms with Crippen LogP contribution in [0.25, 0.3) is 17.3 Å². The van der Waals surface area contributed by atoms with E-state index in [4.69, 9.17) is 9.41 Å². The SMILES string of the molecule is CC(C)(C)[Si](C)(C)OC12CCC(C(=O)/C=C/c3c(F)cccc3-c3cn(C(c4ccccc4)(c4ccccc4)c4ccccc4)cn3)(CC1)CC2. The molecule has 0 radical (unpaired) electrons. The maximum absolute atomic E-state index is 15.7. The Morgan fingerprint density at radius 3 is 1.76 bits per heavy atom. The number of hydrogen-bond donors (Lipinski definition) is 0. The summed E-state index contributed by atoms with van der Waals surface area (Å²) in [4.78, 5) is 18.9. The lowest BCUT2D eigenvalue weighted by Crippen LogP contribution is -2.56. The van der Waals surface area contributed by atoms with E-state index < -0.39 is 19.3 Å². The number of imidazole rings is 1. The van der Waals surface area contributed by atoms with Crippen molar-refractivity contribution >= 4 is 20.2 Å². The van der Waals surface area contributed by atoms with Crippen LogP contribution in [0.4, 0.5) is 4.39 Å². The van der Waals surface area contributed by atoms with Gasteiger partial charge in [-0.3, -0.25) is 4.79 Å². The highest BCUT2D eigenvalue weighted by Crippen LogP contribution is 2.56. The van der Waals surface area contributed by atoms with Gasteiger partial charge >= 0.3 is 0 Å². The molecule has 3 aliphatic carbocycles. The van der Waals surface area contributed by atoms with Crippen LogP contribution < -0.4 is 0 Å². The molecular formula is C45H49FN2O2Si. The number of aromatic nitrogens is 2. The molecule has 0 amide bonds. The smallest absolute Gasteiger partial charge is 0.192 e. The summed E-state index contributed by atoms with van der Waals surface area (Å²) in [6, 6.07) is 36.3. The molecule has 3 aliphatic rings. The van der Waals surface area contributed by atoms with Gasteiger partial charge in [-0.2, -0.15) is 0 Å². The standard InChI is InChI=1S/C45H49FN2O2Si/c1-42(2,3)51(4,5)50-44-29-26-43(27-30-44,28-31-44)41(49)25-24-37-38(22-15-23-39(37)46)40-32-48(33-47-40)45(34-16-9-6-10-17-34,35-18-11-7-12-19-35)36-20-13-8-14-21-36/h6-25,32-33H,26-31H2,1-5H3/b25-24+. The summed E-state index contributed by atoms with van der Waals surface area (Å²) < 4.78 is 24.9. The van der Waals surface area contributed by atoms with Gasteiger partial charge in [-0.25, -0.2) is 9.37 Å². The predicted octanol–water partition coefficient (Wildman–Crippen LogP) is 11.2. The van der Waals surface area contributed by atoms with Gasteiger partial charge < -0.3 is 8.99 Å². The summed E-state index contributed by atoms with van der Waals surface area (Å²) in [6.45, 7) is 11.5. The van der Waals surface area contributed by atoms with Crippen LogP contribution in [-0.2, 0) is 14.8 Å². The number of fused-ring (bicyclic) bond motifs is 3. The van der Waals surface area contributed by atoms with E-state index in [9.17, 15) is 4.79 Å². The summed E-state index contributed by atoms with van der Waals surface area (Å²) in [6.07, 6.45) is 12.3. The average molecular weight is 697 g/mol. The molecule has 0 N–H and O–H groups in total. The normalized spacial score (nSPS) is 20.9. The van der Waals surface area contributed by atoms with E-state index in [0.717, 1.165) is 55.2 Å². The summed E-state index contributed by atoms with van der Waals surface area (Å²) >= 11 is 0. The van der Waals surface area contributed by atoms with Crippen molar-refractivity contribution in [3.8, 4) is 11.3 Å². The van der Waals surface area contributed by atoms with Crippen molar-refractivity contribution in [2.45, 2.75) is 88.6 Å². The second kappa shape index (κ2) is 13.3. The third-order valence-electron chi connectivity index (χ3n) is 12.3. The van der Waals surface area contributed by atoms with E-state index >= 15 is 4.39 Å². The van der Waals surface area contributed by atoms with Gasteiger partial charge in [-0.05, 0) is 91.6 Å². The first-order valence-corrected chi connectivity index (χ1v) is 21.2. The number of allylic oxidation sites excluding steroid dienone is 1. The van der Waals surface area contributed by atoms with Gasteiger partial charge in [0.15, 0.2) is 14.1 Å². The fraction of sp³-hybridized carbons (Fsp3) is 0.333. The average Bonchev–Trinajstić information content (AvgIpc) is 3.63. The van der Waals surface area contributed by atoms with Crippen molar-refractivity contribution in [3.63, 3.8) is 0 Å². The third kappa shape index (κ3) is 6.27. The molecule has 1 heterocycles. The topological polar surface area (TPSA) is 44.1 Å². The quantitative estimate of drug-likeness (QED) is 0.0829. The lowest BCUT2D eigenvalue weighted by Gasteiger charge is -2.56. The molecule has 0 aliphatic heterocycles. The third-order valence-corrected chi connectivity index (χ3v) is 16.8. The van der Waals surface area contributed by atoms with E-state index in [1.165, 1.54) is 6.07 Å². The minimum Gasteiger partial charge on any atom is -0.411 e. The highest BCUT2D eigenvalue weighted by atomic mass is 28.4. The molecule has 262 valence electrons. The summed E-state index contributed by atoms with van der Waals surface area (Å²) in [5, 5.41) is 0.145. The molecule has 0 saturated heterocycles. The number of rotatable bonds is 10. The number of halogens is 1. The van der Waals surface area contributed by atoms with Gasteiger partial charge in [0.05, 0.1) is 17.6 Å². The van der Waals surface area contributed by atoms with Crippen LogP contribution in [0.2, 0.25) is 18.1 Å². The first kappa shape index (κ1) is 35.0. The lowest BCUT2D eigenvalue weighted by molar-refractivity contribution is -0.138. The maximum Gasteiger partial charge on any atom is 0.192 e. The Kier molecular flexibility index (Phi) is 9.13. The van der Waals surface area contributed by atoms with Crippen LogP contribution in [0.3, 0.4) is 0 Å². The molecule has 3 saturated carbocycles. The molecule has 1 aromatic heterocycles. The fourth-order valence-corrected chi connectivity index (χ4v) is 9.96. The second-order valence-corrected chi connectivity index (χ2v) is 20.9. The van der Waals surface area contributed by atoms with Gasteiger partial charge in [-0.15, -0.1) is 0 Å². The first-order valence-electron chi connectivity index (χ1n) is 18.3. The van der Waals surface area contributed by atoms with Gasteiger partial charge in [0.1, 0.15) is 11.4 Å². The second-order valence-electron chi connectivity index (χ2n) is 16.2. The van der Waals surface area contributed by atoms with E-state index in [0.29, 0.717) is 16.8 Å². The molecule has 3 fully saturated rings. The number of benzene rings is 4. The molecule has 0 spiro atoms. The van der Waals surface area contributed by atoms with Crippen LogP contribution in [0.5, 0.6) is 0 Å². The number of hydrogen-bond acceptors (Lipinski definition) is 3. The van der Waals surface area contributed by atoms with Gasteiger partial charge in [-0.1, -0.05) is 124 Å². The summed E-state index contributed by atoms with van der Waals surface area (Å²) in [5.74, 6) is -0.280. The van der Waals surface area contributed by atoms with Crippen molar-refractivity contribution in [1.29, 1.82) is 0 Å². The number of carbonyl (C=O) groups excluding carboxylic acids is 1. The van der Waals surface area contributed by atoms with Gasteiger partial charge in [0, 0.05) is 22.7 Å². The van der Waals surface area contributed by atoms with Crippen LogP contribution in [0.15, 0.2) is 128 Å². The molecule has 4 aromatic carbocycles. The van der Waals surface area contributed by atoms with Crippen molar-refractivity contribution in [2.24, 2.45) is 5.41 Å². The van der Waals surface area contributed by atoms with Crippen LogP contribution in [0.1, 0.15) is 81.5 Å². The first-order chi connectivity index (χ1) is 24.4. The molecule has 0 atom stereocenters. The van der Waals surface area contributed by atoms with Crippen LogP contribution in [0, 0.1) is 11.2 Å². The van der Waals surface area contributed by atoms with E-state index in [-0.39, 0.29) is 22.2 Å². The molecule has 0 unspecified atom stereocenters. The van der Waals surface area contributed by atoms with Crippen LogP contribution >= 0.6 is 0 Å². The molecule has 4 nitrogen and oxygen atoms in total. The molecular weight excluding hydrogens is 648 g/mol. The van der Waals surface area contributed by atoms with Crippen LogP contribution in [-0.4, -0.2) is 29.3 Å². The summed E-state index contributed by atoms with van der Waals surface area (Å²) in [5.41, 5.74) is 3.64. The fourth-order valence-electron chi connectivity index (χ4n) is 8.26. The monoisotopic (exact) mass is 696 g/mol.